The second-order valence-electron chi connectivity index (χ2n) is 6.22. The van der Waals surface area contributed by atoms with Gasteiger partial charge in [0.2, 0.25) is 5.91 Å². The Kier molecular flexibility index (Phi) is 5.24. The number of rotatable bonds is 6. The number of amides is 1. The lowest BCUT2D eigenvalue weighted by molar-refractivity contribution is -0.126. The van der Waals surface area contributed by atoms with Crippen LogP contribution in [-0.4, -0.2) is 45.6 Å². The lowest BCUT2D eigenvalue weighted by Gasteiger charge is -2.32. The third-order valence-corrected chi connectivity index (χ3v) is 5.05. The summed E-state index contributed by atoms with van der Waals surface area (Å²) in [5.41, 5.74) is 4.39. The molecule has 7 nitrogen and oxygen atoms in total. The number of nitrogens with one attached hydrogen (secondary N) is 1. The highest BCUT2D eigenvalue weighted by Gasteiger charge is 2.28. The van der Waals surface area contributed by atoms with Gasteiger partial charge in [-0.1, -0.05) is 6.07 Å². The monoisotopic (exact) mass is 372 g/mol. The van der Waals surface area contributed by atoms with Crippen LogP contribution in [0.2, 0.25) is 0 Å². The van der Waals surface area contributed by atoms with E-state index in [0.29, 0.717) is 19.8 Å². The molecule has 0 bridgehead atoms. The minimum atomic E-state index is -0.170. The average molecular weight is 372 g/mol. The SMILES string of the molecule is O=C(Cc1cnc2ccccn12)N[C@@H]1CCOC[C@H]1OCc1cscn1. The fourth-order valence-corrected chi connectivity index (χ4v) is 3.62. The molecule has 3 aromatic heterocycles. The molecule has 0 spiro atoms. The molecule has 1 N–H and O–H groups in total. The Morgan fingerprint density at radius 1 is 1.42 bits per heavy atom. The number of hydrogen-bond donors (Lipinski definition) is 1. The van der Waals surface area contributed by atoms with E-state index in [4.69, 9.17) is 9.47 Å². The molecule has 0 saturated carbocycles. The zero-order valence-electron chi connectivity index (χ0n) is 14.2. The number of pyridine rings is 1. The minimum absolute atomic E-state index is 0.0372. The Morgan fingerprint density at radius 3 is 3.27 bits per heavy atom. The van der Waals surface area contributed by atoms with Crippen LogP contribution in [0.3, 0.4) is 0 Å². The Balaban J connectivity index is 1.37. The van der Waals surface area contributed by atoms with Crippen LogP contribution in [-0.2, 0) is 27.3 Å². The van der Waals surface area contributed by atoms with E-state index < -0.39 is 0 Å². The highest BCUT2D eigenvalue weighted by atomic mass is 32.1. The number of hydrogen-bond acceptors (Lipinski definition) is 6. The topological polar surface area (TPSA) is 77.8 Å². The largest absolute Gasteiger partial charge is 0.379 e. The minimum Gasteiger partial charge on any atom is -0.379 e. The number of carbonyl (C=O) groups excluding carboxylic acids is 1. The standard InChI is InChI=1S/C18H20N4O3S/c23-18(7-14-8-19-17-3-1-2-5-22(14)17)21-15-4-6-24-10-16(15)25-9-13-11-26-12-20-13/h1-3,5,8,11-12,15-16H,4,6-7,9-10H2,(H,21,23)/t15-,16-/m1/s1. The summed E-state index contributed by atoms with van der Waals surface area (Å²) in [6, 6.07) is 5.71. The van der Waals surface area contributed by atoms with Crippen molar-refractivity contribution in [2.45, 2.75) is 31.6 Å². The lowest BCUT2D eigenvalue weighted by atomic mass is 10.1. The number of ether oxygens (including phenoxy) is 2. The molecule has 26 heavy (non-hydrogen) atoms. The quantitative estimate of drug-likeness (QED) is 0.714. The van der Waals surface area contributed by atoms with Crippen molar-refractivity contribution in [2.24, 2.45) is 0 Å². The van der Waals surface area contributed by atoms with Gasteiger partial charge in [0.25, 0.3) is 0 Å². The maximum absolute atomic E-state index is 12.5. The van der Waals surface area contributed by atoms with E-state index in [9.17, 15) is 4.79 Å². The van der Waals surface area contributed by atoms with Crippen LogP contribution in [0, 0.1) is 0 Å². The van der Waals surface area contributed by atoms with Crippen LogP contribution in [0.4, 0.5) is 0 Å². The smallest absolute Gasteiger partial charge is 0.226 e. The summed E-state index contributed by atoms with van der Waals surface area (Å²) < 4.78 is 13.4. The number of aromatic nitrogens is 3. The zero-order valence-corrected chi connectivity index (χ0v) is 15.0. The first-order valence-electron chi connectivity index (χ1n) is 8.56. The van der Waals surface area contributed by atoms with E-state index in [2.05, 4.69) is 15.3 Å². The molecular formula is C18H20N4O3S. The van der Waals surface area contributed by atoms with E-state index in [1.165, 1.54) is 0 Å². The number of carbonyl (C=O) groups is 1. The van der Waals surface area contributed by atoms with Crippen LogP contribution in [0.15, 0.2) is 41.5 Å². The summed E-state index contributed by atoms with van der Waals surface area (Å²) >= 11 is 1.54. The normalized spacial score (nSPS) is 20.3. The van der Waals surface area contributed by atoms with Crippen LogP contribution in [0.1, 0.15) is 17.8 Å². The Bertz CT molecular complexity index is 864. The van der Waals surface area contributed by atoms with Crippen molar-refractivity contribution < 1.29 is 14.3 Å². The first-order chi connectivity index (χ1) is 12.8. The van der Waals surface area contributed by atoms with E-state index in [1.54, 1.807) is 23.0 Å². The molecule has 1 aliphatic rings. The van der Waals surface area contributed by atoms with Crippen molar-refractivity contribution in [2.75, 3.05) is 13.2 Å². The number of imidazole rings is 1. The maximum Gasteiger partial charge on any atom is 0.226 e. The number of nitrogens with zero attached hydrogens (tertiary/aromatic N) is 3. The predicted molar refractivity (Wildman–Crippen MR) is 97.0 cm³/mol. The van der Waals surface area contributed by atoms with Crippen molar-refractivity contribution in [1.82, 2.24) is 19.7 Å². The summed E-state index contributed by atoms with van der Waals surface area (Å²) in [6.07, 6.45) is 4.51. The third-order valence-electron chi connectivity index (χ3n) is 4.41. The molecule has 1 saturated heterocycles. The zero-order chi connectivity index (χ0) is 17.8. The van der Waals surface area contributed by atoms with Gasteiger partial charge in [0, 0.05) is 24.4 Å². The molecule has 0 aliphatic carbocycles. The summed E-state index contributed by atoms with van der Waals surface area (Å²) in [5.74, 6) is -0.0372. The van der Waals surface area contributed by atoms with Crippen LogP contribution in [0.25, 0.3) is 5.65 Å². The van der Waals surface area contributed by atoms with Crippen molar-refractivity contribution in [3.8, 4) is 0 Å². The molecule has 0 radical (unpaired) electrons. The van der Waals surface area contributed by atoms with Gasteiger partial charge in [-0.15, -0.1) is 11.3 Å². The van der Waals surface area contributed by atoms with Gasteiger partial charge >= 0.3 is 0 Å². The molecular weight excluding hydrogens is 352 g/mol. The molecule has 0 aromatic carbocycles. The number of thiazole rings is 1. The molecule has 0 unspecified atom stereocenters. The first-order valence-corrected chi connectivity index (χ1v) is 9.50. The molecule has 2 atom stereocenters. The van der Waals surface area contributed by atoms with Crippen molar-refractivity contribution in [1.29, 1.82) is 0 Å². The number of fused-ring (bicyclic) bond motifs is 1. The molecule has 4 heterocycles. The van der Waals surface area contributed by atoms with E-state index in [0.717, 1.165) is 23.5 Å². The summed E-state index contributed by atoms with van der Waals surface area (Å²) in [7, 11) is 0. The van der Waals surface area contributed by atoms with Crippen LogP contribution < -0.4 is 5.32 Å². The average Bonchev–Trinajstić information content (AvgIpc) is 3.31. The van der Waals surface area contributed by atoms with Crippen LogP contribution >= 0.6 is 11.3 Å². The fourth-order valence-electron chi connectivity index (χ4n) is 3.08. The summed E-state index contributed by atoms with van der Waals surface area (Å²) in [4.78, 5) is 21.1. The second-order valence-corrected chi connectivity index (χ2v) is 6.94. The van der Waals surface area contributed by atoms with Gasteiger partial charge in [0.15, 0.2) is 0 Å². The van der Waals surface area contributed by atoms with Gasteiger partial charge in [0.05, 0.1) is 42.6 Å². The first kappa shape index (κ1) is 17.1. The van der Waals surface area contributed by atoms with Crippen molar-refractivity contribution in [3.05, 3.63) is 52.9 Å². The van der Waals surface area contributed by atoms with Crippen LogP contribution in [0.5, 0.6) is 0 Å². The lowest BCUT2D eigenvalue weighted by Crippen LogP contribution is -2.50. The molecule has 1 aliphatic heterocycles. The highest BCUT2D eigenvalue weighted by molar-refractivity contribution is 7.07. The fraction of sp³-hybridized carbons (Fsp3) is 0.389. The van der Waals surface area contributed by atoms with Gasteiger partial charge in [-0.05, 0) is 18.6 Å². The Morgan fingerprint density at radius 2 is 2.38 bits per heavy atom. The highest BCUT2D eigenvalue weighted by Crippen LogP contribution is 2.15. The molecule has 1 fully saturated rings. The molecule has 4 rings (SSSR count). The van der Waals surface area contributed by atoms with Gasteiger partial charge in [-0.2, -0.15) is 0 Å². The molecule has 8 heteroatoms. The van der Waals surface area contributed by atoms with Gasteiger partial charge in [-0.25, -0.2) is 9.97 Å². The van der Waals surface area contributed by atoms with E-state index in [1.807, 2.05) is 34.2 Å². The molecule has 3 aromatic rings. The second kappa shape index (κ2) is 7.94. The maximum atomic E-state index is 12.5. The summed E-state index contributed by atoms with van der Waals surface area (Å²) in [5, 5.41) is 5.06. The Hall–Kier alpha value is -2.29. The van der Waals surface area contributed by atoms with Crippen molar-refractivity contribution >= 4 is 22.9 Å². The van der Waals surface area contributed by atoms with Gasteiger partial charge in [-0.3, -0.25) is 4.79 Å². The molecule has 1 amide bonds. The predicted octanol–water partition coefficient (Wildman–Crippen LogP) is 1.82. The summed E-state index contributed by atoms with van der Waals surface area (Å²) in [6.45, 7) is 1.53. The third kappa shape index (κ3) is 3.92. The van der Waals surface area contributed by atoms with Gasteiger partial charge < -0.3 is 19.2 Å². The van der Waals surface area contributed by atoms with Gasteiger partial charge in [0.1, 0.15) is 11.8 Å². The van der Waals surface area contributed by atoms with E-state index in [-0.39, 0.29) is 24.5 Å². The molecule has 136 valence electrons. The van der Waals surface area contributed by atoms with Crippen molar-refractivity contribution in [3.63, 3.8) is 0 Å². The Labute approximate surface area is 155 Å². The van der Waals surface area contributed by atoms with E-state index >= 15 is 0 Å².